The smallest absolute Gasteiger partial charge is 1.00 e. The Morgan fingerprint density at radius 2 is 1.58 bits per heavy atom. The Kier molecular flexibility index (Phi) is 9.05. The number of hydrogen-bond acceptors (Lipinski definition) is 0. The molecule has 1 heterocycles. The summed E-state index contributed by atoms with van der Waals surface area (Å²) in [5, 5.41) is 1.75. The molecular weight excluding hydrogens is 432 g/mol. The number of hydrogen-bond donors (Lipinski definition) is 1. The second-order valence-electron chi connectivity index (χ2n) is 8.77. The molecule has 0 bridgehead atoms. The maximum absolute atomic E-state index is 3.70. The predicted octanol–water partition coefficient (Wildman–Crippen LogP) is -1.43. The van der Waals surface area contributed by atoms with Crippen molar-refractivity contribution in [2.45, 2.75) is 71.9 Å². The van der Waals surface area contributed by atoms with Gasteiger partial charge in [0.15, 0.2) is 0 Å². The Balaban J connectivity index is 0.00000264. The molecule has 5 heteroatoms. The molecule has 0 unspecified atom stereocenters. The van der Waals surface area contributed by atoms with Crippen LogP contribution in [0.25, 0.3) is 0 Å². The zero-order valence-electron chi connectivity index (χ0n) is 16.3. The molecule has 134 valence electrons. The summed E-state index contributed by atoms with van der Waals surface area (Å²) in [5.41, 5.74) is 3.57. The zero-order chi connectivity index (χ0) is 16.7. The molecule has 2 rings (SSSR count). The predicted molar refractivity (Wildman–Crippen MR) is 97.5 cm³/mol. The molecule has 1 aromatic rings. The standard InChI is InChI=1S/C12H20N.C7H11Si.2ClH.Zr/c1-11(2,3)9-7-13-8-10(9)12(4,5)6;1-8(2)7-5-3-4-6-7;;;/h7,13H,1-6H3;3,5,8H,4H2,1-2H3;2*1H;/q;;;;+2/p-2. The molecule has 1 nitrogen and oxygen atoms in total. The number of rotatable bonds is 3. The van der Waals surface area contributed by atoms with E-state index in [2.05, 4.69) is 78.0 Å². The number of H-pyrrole nitrogens is 1. The van der Waals surface area contributed by atoms with Crippen molar-refractivity contribution < 1.29 is 48.0 Å². The largest absolute Gasteiger partial charge is 1.00 e. The third-order valence-corrected chi connectivity index (χ3v) is 10.3. The molecule has 0 spiro atoms. The van der Waals surface area contributed by atoms with Crippen molar-refractivity contribution in [1.29, 1.82) is 0 Å². The first-order valence-electron chi connectivity index (χ1n) is 8.40. The van der Waals surface area contributed by atoms with E-state index in [0.29, 0.717) is 0 Å². The molecule has 1 aliphatic rings. The number of aromatic nitrogens is 1. The van der Waals surface area contributed by atoms with E-state index in [-0.39, 0.29) is 35.6 Å². The van der Waals surface area contributed by atoms with Crippen molar-refractivity contribution in [1.82, 2.24) is 4.98 Å². The monoisotopic (exact) mass is 461 g/mol. The van der Waals surface area contributed by atoms with Gasteiger partial charge in [-0.25, -0.2) is 0 Å². The van der Waals surface area contributed by atoms with Gasteiger partial charge < -0.3 is 24.8 Å². The van der Waals surface area contributed by atoms with Crippen molar-refractivity contribution in [3.8, 4) is 0 Å². The topological polar surface area (TPSA) is 15.8 Å². The van der Waals surface area contributed by atoms with Crippen LogP contribution in [-0.4, -0.2) is 13.8 Å². The van der Waals surface area contributed by atoms with Crippen molar-refractivity contribution in [2.24, 2.45) is 0 Å². The van der Waals surface area contributed by atoms with Gasteiger partial charge in [-0.1, -0.05) is 0 Å². The summed E-state index contributed by atoms with van der Waals surface area (Å²) >= 11 is -0.704. The van der Waals surface area contributed by atoms with Gasteiger partial charge in [-0.15, -0.1) is 0 Å². The molecule has 0 saturated carbocycles. The van der Waals surface area contributed by atoms with Crippen LogP contribution >= 0.6 is 0 Å². The van der Waals surface area contributed by atoms with Gasteiger partial charge in [-0.3, -0.25) is 0 Å². The van der Waals surface area contributed by atoms with Gasteiger partial charge in [0.25, 0.3) is 0 Å². The van der Waals surface area contributed by atoms with Crippen LogP contribution in [0.4, 0.5) is 0 Å². The molecule has 0 aliphatic heterocycles. The van der Waals surface area contributed by atoms with Gasteiger partial charge in [0.05, 0.1) is 0 Å². The van der Waals surface area contributed by atoms with E-state index in [9.17, 15) is 0 Å². The van der Waals surface area contributed by atoms with Crippen LogP contribution in [0.5, 0.6) is 0 Å². The van der Waals surface area contributed by atoms with Crippen molar-refractivity contribution >= 4 is 12.2 Å². The SMILES string of the molecule is C[SiH](C)C1=[C]([Zr+2][c]2[nH]cc(C(C)(C)C)c2C(C)(C)C)CC=C1.[Cl-].[Cl-]. The van der Waals surface area contributed by atoms with Crippen molar-refractivity contribution in [3.05, 3.63) is 38.0 Å². The molecule has 1 aliphatic carbocycles. The summed E-state index contributed by atoms with van der Waals surface area (Å²) < 4.78 is 3.42. The van der Waals surface area contributed by atoms with Crippen LogP contribution < -0.4 is 28.2 Å². The van der Waals surface area contributed by atoms with E-state index in [1.807, 2.05) is 3.28 Å². The molecule has 1 N–H and O–H groups in total. The third kappa shape index (κ3) is 5.47. The first kappa shape index (κ1) is 24.4. The van der Waals surface area contributed by atoms with E-state index < -0.39 is 32.0 Å². The van der Waals surface area contributed by atoms with Gasteiger partial charge in [0, 0.05) is 0 Å². The number of halogens is 2. The Labute approximate surface area is 174 Å². The Bertz CT molecular complexity index is 616. The Morgan fingerprint density at radius 1 is 1.00 bits per heavy atom. The van der Waals surface area contributed by atoms with E-state index in [0.717, 1.165) is 0 Å². The molecular formula is C19H31Cl2NSiZr. The minimum atomic E-state index is -0.704. The van der Waals surface area contributed by atoms with E-state index >= 15 is 0 Å². The second-order valence-corrected chi connectivity index (χ2v) is 15.0. The summed E-state index contributed by atoms with van der Waals surface area (Å²) in [6.45, 7) is 19.0. The van der Waals surface area contributed by atoms with Crippen LogP contribution in [0.3, 0.4) is 0 Å². The quantitative estimate of drug-likeness (QED) is 0.529. The van der Waals surface area contributed by atoms with Crippen LogP contribution in [0.15, 0.2) is 26.8 Å². The minimum absolute atomic E-state index is 0. The minimum Gasteiger partial charge on any atom is -1.00 e. The normalized spacial score (nSPS) is 14.5. The fourth-order valence-electron chi connectivity index (χ4n) is 3.23. The average molecular weight is 464 g/mol. The Hall–Kier alpha value is 0.440. The van der Waals surface area contributed by atoms with E-state index in [1.54, 1.807) is 14.2 Å². The Morgan fingerprint density at radius 3 is 2.04 bits per heavy atom. The molecule has 0 amide bonds. The van der Waals surface area contributed by atoms with Crippen LogP contribution in [0, 0.1) is 0 Å². The first-order chi connectivity index (χ1) is 10.0. The molecule has 0 fully saturated rings. The van der Waals surface area contributed by atoms with Crippen molar-refractivity contribution in [3.63, 3.8) is 0 Å². The van der Waals surface area contributed by atoms with Gasteiger partial charge in [0.1, 0.15) is 0 Å². The summed E-state index contributed by atoms with van der Waals surface area (Å²) in [6, 6.07) is 0. The summed E-state index contributed by atoms with van der Waals surface area (Å²) in [6.07, 6.45) is 8.34. The molecule has 1 aromatic heterocycles. The van der Waals surface area contributed by atoms with Crippen LogP contribution in [0.1, 0.15) is 59.1 Å². The van der Waals surface area contributed by atoms with Crippen molar-refractivity contribution in [2.75, 3.05) is 0 Å². The molecule has 0 radical (unpaired) electrons. The molecule has 0 atom stereocenters. The van der Waals surface area contributed by atoms with Gasteiger partial charge in [-0.05, 0) is 0 Å². The van der Waals surface area contributed by atoms with Gasteiger partial charge in [-0.2, -0.15) is 0 Å². The summed E-state index contributed by atoms with van der Waals surface area (Å²) in [4.78, 5) is 3.70. The third-order valence-electron chi connectivity index (χ3n) is 4.30. The zero-order valence-corrected chi connectivity index (χ0v) is 21.4. The van der Waals surface area contributed by atoms with Gasteiger partial charge >= 0.3 is 150 Å². The maximum atomic E-state index is 3.70. The molecule has 24 heavy (non-hydrogen) atoms. The average Bonchev–Trinajstić information content (AvgIpc) is 2.93. The number of aromatic amines is 1. The molecule has 0 saturated heterocycles. The van der Waals surface area contributed by atoms with Crippen LogP contribution in [-0.2, 0) is 34.1 Å². The number of allylic oxidation sites excluding steroid dienone is 4. The summed E-state index contributed by atoms with van der Waals surface area (Å²) in [7, 11) is -0.685. The second kappa shape index (κ2) is 8.89. The maximum Gasteiger partial charge on any atom is -1.00 e. The fraction of sp³-hybridized carbons (Fsp3) is 0.579. The summed E-state index contributed by atoms with van der Waals surface area (Å²) in [5.74, 6) is 0. The van der Waals surface area contributed by atoms with Crippen LogP contribution in [0.2, 0.25) is 13.1 Å². The van der Waals surface area contributed by atoms with E-state index in [4.69, 9.17) is 0 Å². The first-order valence-corrected chi connectivity index (χ1v) is 13.7. The number of nitrogens with one attached hydrogen (secondary N) is 1. The van der Waals surface area contributed by atoms with Gasteiger partial charge in [0.2, 0.25) is 0 Å². The fourth-order valence-corrected chi connectivity index (χ4v) is 10.9. The molecule has 0 aromatic carbocycles. The van der Waals surface area contributed by atoms with E-state index in [1.165, 1.54) is 12.0 Å².